The second-order valence-corrected chi connectivity index (χ2v) is 6.27. The third-order valence-electron chi connectivity index (χ3n) is 2.66. The number of methoxy groups -OCH3 is 1. The summed E-state index contributed by atoms with van der Waals surface area (Å²) in [5, 5.41) is 0. The summed E-state index contributed by atoms with van der Waals surface area (Å²) in [6.45, 7) is 13.1. The molecule has 0 aliphatic rings. The highest BCUT2D eigenvalue weighted by Gasteiger charge is 2.23. The topological polar surface area (TPSA) is 22.1 Å². The van der Waals surface area contributed by atoms with Gasteiger partial charge in [0.1, 0.15) is 5.75 Å². The molecular formula is C14H23NO. The Morgan fingerprint density at radius 3 is 1.94 bits per heavy atom. The maximum Gasteiger partial charge on any atom is 0.140 e. The molecule has 0 spiro atoms. The first kappa shape index (κ1) is 13.0. The Hall–Kier alpha value is -1.05. The van der Waals surface area contributed by atoms with E-state index in [9.17, 15) is 0 Å². The average molecular weight is 221 g/mol. The number of pyridine rings is 1. The van der Waals surface area contributed by atoms with Crippen molar-refractivity contribution in [1.82, 2.24) is 4.98 Å². The molecule has 0 amide bonds. The standard InChI is InChI=1S/C14H23NO/c1-13(2,3)10-8-12(14(4,5)6)15-9-11(10)16-7/h8-9H,1-7H3. The lowest BCUT2D eigenvalue weighted by atomic mass is 9.83. The second kappa shape index (κ2) is 4.08. The van der Waals surface area contributed by atoms with Gasteiger partial charge in [0.05, 0.1) is 13.3 Å². The van der Waals surface area contributed by atoms with Crippen LogP contribution in [-0.4, -0.2) is 12.1 Å². The molecule has 0 saturated carbocycles. The maximum absolute atomic E-state index is 5.38. The lowest BCUT2D eigenvalue weighted by Crippen LogP contribution is -2.18. The quantitative estimate of drug-likeness (QED) is 0.721. The van der Waals surface area contributed by atoms with Gasteiger partial charge < -0.3 is 4.74 Å². The fourth-order valence-electron chi connectivity index (χ4n) is 1.60. The summed E-state index contributed by atoms with van der Waals surface area (Å²) in [6.07, 6.45) is 1.83. The summed E-state index contributed by atoms with van der Waals surface area (Å²) in [5.74, 6) is 0.875. The Bertz CT molecular complexity index is 369. The lowest BCUT2D eigenvalue weighted by Gasteiger charge is -2.25. The predicted molar refractivity (Wildman–Crippen MR) is 68.2 cm³/mol. The molecule has 0 radical (unpaired) electrons. The van der Waals surface area contributed by atoms with Gasteiger partial charge in [0.15, 0.2) is 0 Å². The minimum absolute atomic E-state index is 0.0757. The van der Waals surface area contributed by atoms with Crippen molar-refractivity contribution in [2.75, 3.05) is 7.11 Å². The number of nitrogens with zero attached hydrogens (tertiary/aromatic N) is 1. The summed E-state index contributed by atoms with van der Waals surface area (Å²) < 4.78 is 5.38. The van der Waals surface area contributed by atoms with Crippen molar-refractivity contribution in [3.63, 3.8) is 0 Å². The van der Waals surface area contributed by atoms with Gasteiger partial charge in [0.2, 0.25) is 0 Å². The highest BCUT2D eigenvalue weighted by Crippen LogP contribution is 2.33. The molecule has 0 unspecified atom stereocenters. The van der Waals surface area contributed by atoms with Crippen molar-refractivity contribution in [3.05, 3.63) is 23.5 Å². The van der Waals surface area contributed by atoms with Crippen LogP contribution >= 0.6 is 0 Å². The molecule has 0 aromatic carbocycles. The van der Waals surface area contributed by atoms with E-state index in [1.807, 2.05) is 6.20 Å². The largest absolute Gasteiger partial charge is 0.495 e. The van der Waals surface area contributed by atoms with E-state index in [1.54, 1.807) is 7.11 Å². The molecule has 1 aromatic rings. The Kier molecular flexibility index (Phi) is 3.32. The number of aromatic nitrogens is 1. The van der Waals surface area contributed by atoms with Crippen molar-refractivity contribution in [2.24, 2.45) is 0 Å². The minimum Gasteiger partial charge on any atom is -0.495 e. The summed E-state index contributed by atoms with van der Waals surface area (Å²) in [5.41, 5.74) is 2.48. The van der Waals surface area contributed by atoms with E-state index in [2.05, 4.69) is 52.6 Å². The summed E-state index contributed by atoms with van der Waals surface area (Å²) in [6, 6.07) is 2.17. The zero-order valence-corrected chi connectivity index (χ0v) is 11.5. The van der Waals surface area contributed by atoms with Crippen LogP contribution in [0.2, 0.25) is 0 Å². The SMILES string of the molecule is COc1cnc(C(C)(C)C)cc1C(C)(C)C. The van der Waals surface area contributed by atoms with E-state index in [0.717, 1.165) is 11.4 Å². The van der Waals surface area contributed by atoms with Gasteiger partial charge in [0, 0.05) is 16.7 Å². The van der Waals surface area contributed by atoms with Gasteiger partial charge in [-0.1, -0.05) is 41.5 Å². The molecule has 1 aromatic heterocycles. The molecule has 0 N–H and O–H groups in total. The van der Waals surface area contributed by atoms with Crippen LogP contribution in [0.1, 0.15) is 52.8 Å². The average Bonchev–Trinajstić information content (AvgIpc) is 2.14. The highest BCUT2D eigenvalue weighted by molar-refractivity contribution is 5.39. The number of hydrogen-bond donors (Lipinski definition) is 0. The molecule has 1 heterocycles. The molecule has 2 heteroatoms. The van der Waals surface area contributed by atoms with Gasteiger partial charge >= 0.3 is 0 Å². The monoisotopic (exact) mass is 221 g/mol. The van der Waals surface area contributed by atoms with Crippen LogP contribution in [0.15, 0.2) is 12.3 Å². The smallest absolute Gasteiger partial charge is 0.140 e. The van der Waals surface area contributed by atoms with Crippen molar-refractivity contribution in [1.29, 1.82) is 0 Å². The fraction of sp³-hybridized carbons (Fsp3) is 0.643. The molecule has 90 valence electrons. The molecule has 0 saturated heterocycles. The van der Waals surface area contributed by atoms with E-state index >= 15 is 0 Å². The minimum atomic E-state index is 0.0757. The summed E-state index contributed by atoms with van der Waals surface area (Å²) in [4.78, 5) is 4.47. The maximum atomic E-state index is 5.38. The van der Waals surface area contributed by atoms with Gasteiger partial charge in [0.25, 0.3) is 0 Å². The van der Waals surface area contributed by atoms with Crippen molar-refractivity contribution >= 4 is 0 Å². The number of hydrogen-bond acceptors (Lipinski definition) is 2. The molecule has 0 aliphatic carbocycles. The van der Waals surface area contributed by atoms with Crippen LogP contribution in [0.4, 0.5) is 0 Å². The first-order valence-electron chi connectivity index (χ1n) is 5.71. The molecule has 0 atom stereocenters. The summed E-state index contributed by atoms with van der Waals surface area (Å²) in [7, 11) is 1.70. The van der Waals surface area contributed by atoms with Crippen LogP contribution in [0.5, 0.6) is 5.75 Å². The third-order valence-corrected chi connectivity index (χ3v) is 2.66. The van der Waals surface area contributed by atoms with E-state index in [1.165, 1.54) is 5.56 Å². The lowest BCUT2D eigenvalue weighted by molar-refractivity contribution is 0.393. The van der Waals surface area contributed by atoms with E-state index < -0.39 is 0 Å². The van der Waals surface area contributed by atoms with E-state index in [-0.39, 0.29) is 10.8 Å². The normalized spacial score (nSPS) is 12.7. The van der Waals surface area contributed by atoms with Crippen LogP contribution < -0.4 is 4.74 Å². The van der Waals surface area contributed by atoms with Gasteiger partial charge in [-0.2, -0.15) is 0 Å². The Morgan fingerprint density at radius 2 is 1.56 bits per heavy atom. The van der Waals surface area contributed by atoms with Gasteiger partial charge in [-0.3, -0.25) is 4.98 Å². The van der Waals surface area contributed by atoms with E-state index in [4.69, 9.17) is 4.74 Å². The molecule has 16 heavy (non-hydrogen) atoms. The van der Waals surface area contributed by atoms with Gasteiger partial charge in [-0.15, -0.1) is 0 Å². The molecule has 1 rings (SSSR count). The Balaban J connectivity index is 3.34. The van der Waals surface area contributed by atoms with Crippen LogP contribution in [0, 0.1) is 0 Å². The highest BCUT2D eigenvalue weighted by atomic mass is 16.5. The van der Waals surface area contributed by atoms with Crippen LogP contribution in [-0.2, 0) is 10.8 Å². The zero-order chi connectivity index (χ0) is 12.6. The van der Waals surface area contributed by atoms with Crippen LogP contribution in [0.3, 0.4) is 0 Å². The number of ether oxygens (including phenoxy) is 1. The van der Waals surface area contributed by atoms with E-state index in [0.29, 0.717) is 0 Å². The van der Waals surface area contributed by atoms with Crippen molar-refractivity contribution in [2.45, 2.75) is 52.4 Å². The van der Waals surface area contributed by atoms with Crippen molar-refractivity contribution < 1.29 is 4.74 Å². The first-order chi connectivity index (χ1) is 7.16. The Labute approximate surface area is 99.0 Å². The second-order valence-electron chi connectivity index (χ2n) is 6.27. The van der Waals surface area contributed by atoms with Crippen LogP contribution in [0.25, 0.3) is 0 Å². The first-order valence-corrected chi connectivity index (χ1v) is 5.71. The Morgan fingerprint density at radius 1 is 1.00 bits per heavy atom. The zero-order valence-electron chi connectivity index (χ0n) is 11.5. The summed E-state index contributed by atoms with van der Waals surface area (Å²) >= 11 is 0. The molecular weight excluding hydrogens is 198 g/mol. The molecule has 0 fully saturated rings. The number of rotatable bonds is 1. The van der Waals surface area contributed by atoms with Gasteiger partial charge in [-0.25, -0.2) is 0 Å². The molecule has 0 bridgehead atoms. The molecule has 2 nitrogen and oxygen atoms in total. The third kappa shape index (κ3) is 2.75. The van der Waals surface area contributed by atoms with Crippen molar-refractivity contribution in [3.8, 4) is 5.75 Å². The van der Waals surface area contributed by atoms with Gasteiger partial charge in [-0.05, 0) is 11.5 Å². The fourth-order valence-corrected chi connectivity index (χ4v) is 1.60. The molecule has 0 aliphatic heterocycles. The predicted octanol–water partition coefficient (Wildman–Crippen LogP) is 3.69.